The highest BCUT2D eigenvalue weighted by atomic mass is 16.5. The van der Waals surface area contributed by atoms with E-state index >= 15 is 0 Å². The average Bonchev–Trinajstić information content (AvgIpc) is 2.95. The van der Waals surface area contributed by atoms with E-state index in [0.29, 0.717) is 12.0 Å². The van der Waals surface area contributed by atoms with E-state index in [1.54, 1.807) is 51.1 Å². The molecule has 0 aliphatic heterocycles. The molecule has 12 heteroatoms. The van der Waals surface area contributed by atoms with Gasteiger partial charge in [-0.1, -0.05) is 44.5 Å². The fourth-order valence-electron chi connectivity index (χ4n) is 3.77. The quantitative estimate of drug-likeness (QED) is 0.187. The number of esters is 1. The van der Waals surface area contributed by atoms with Gasteiger partial charge in [-0.3, -0.25) is 19.2 Å². The molecule has 2 aromatic rings. The summed E-state index contributed by atoms with van der Waals surface area (Å²) in [5.74, 6) is -3.90. The van der Waals surface area contributed by atoms with E-state index < -0.39 is 53.8 Å². The Morgan fingerprint density at radius 1 is 1.02 bits per heavy atom. The summed E-state index contributed by atoms with van der Waals surface area (Å²) in [6, 6.07) is 8.89. The summed E-state index contributed by atoms with van der Waals surface area (Å²) in [7, 11) is 0. The second-order valence-electron chi connectivity index (χ2n) is 9.24. The minimum absolute atomic E-state index is 0.107. The number of allylic oxidation sites excluding steroid dienone is 1. The van der Waals surface area contributed by atoms with Crippen LogP contribution in [0.15, 0.2) is 65.6 Å². The van der Waals surface area contributed by atoms with Crippen LogP contribution in [0.25, 0.3) is 0 Å². The Hall–Kier alpha value is -4.74. The third-order valence-electron chi connectivity index (χ3n) is 6.21. The lowest BCUT2D eigenvalue weighted by Crippen LogP contribution is -2.47. The number of nitrogens with one attached hydrogen (secondary N) is 3. The number of carbonyl (C=O) groups is 5. The molecule has 0 radical (unpaired) electrons. The number of ether oxygens (including phenoxy) is 1. The summed E-state index contributed by atoms with van der Waals surface area (Å²) < 4.78 is 5.87. The van der Waals surface area contributed by atoms with Gasteiger partial charge in [0, 0.05) is 17.8 Å². The Morgan fingerprint density at radius 3 is 2.37 bits per heavy atom. The third kappa shape index (κ3) is 10.4. The Bertz CT molecular complexity index is 1310. The van der Waals surface area contributed by atoms with Crippen LogP contribution in [0.3, 0.4) is 0 Å². The van der Waals surface area contributed by atoms with Crippen LogP contribution in [0.4, 0.5) is 5.69 Å². The number of pyridine rings is 1. The fourth-order valence-corrected chi connectivity index (χ4v) is 3.77. The van der Waals surface area contributed by atoms with Crippen LogP contribution in [0.1, 0.15) is 50.4 Å². The van der Waals surface area contributed by atoms with Gasteiger partial charge in [0.15, 0.2) is 0 Å². The molecule has 3 amide bonds. The Kier molecular flexibility index (Phi) is 13.0. The fraction of sp³-hybridized carbons (Fsp3) is 0.379. The Balaban J connectivity index is 2.18. The number of amides is 3. The SMILES string of the molecule is CCOC(=O)/C=C/CC[C@H](NC(=O)c1ccccc1)C(=O)Nc1cccn(CC(=O)N[C@@H](C(=O)O)[C@H](C)CC)c1=O. The van der Waals surface area contributed by atoms with Gasteiger partial charge in [0.1, 0.15) is 24.3 Å². The molecule has 12 nitrogen and oxygen atoms in total. The second-order valence-corrected chi connectivity index (χ2v) is 9.24. The lowest BCUT2D eigenvalue weighted by atomic mass is 9.99. The first kappa shape index (κ1) is 32.5. The van der Waals surface area contributed by atoms with E-state index in [-0.39, 0.29) is 31.1 Å². The van der Waals surface area contributed by atoms with Crippen molar-refractivity contribution in [3.63, 3.8) is 0 Å². The van der Waals surface area contributed by atoms with Crippen molar-refractivity contribution >= 4 is 35.3 Å². The molecule has 0 fully saturated rings. The predicted molar refractivity (Wildman–Crippen MR) is 151 cm³/mol. The number of benzene rings is 1. The first-order valence-corrected chi connectivity index (χ1v) is 13.3. The molecule has 41 heavy (non-hydrogen) atoms. The number of anilines is 1. The number of aliphatic carboxylic acids is 1. The molecule has 0 bridgehead atoms. The normalized spacial score (nSPS) is 13.0. The number of rotatable bonds is 15. The molecular weight excluding hydrogens is 532 g/mol. The van der Waals surface area contributed by atoms with E-state index in [2.05, 4.69) is 16.0 Å². The van der Waals surface area contributed by atoms with Gasteiger partial charge in [0.25, 0.3) is 11.5 Å². The van der Waals surface area contributed by atoms with Crippen molar-refractivity contribution in [2.75, 3.05) is 11.9 Å². The van der Waals surface area contributed by atoms with Crippen molar-refractivity contribution in [1.29, 1.82) is 0 Å². The highest BCUT2D eigenvalue weighted by Crippen LogP contribution is 2.09. The maximum atomic E-state index is 13.2. The standard InChI is InChI=1S/C29H36N4O8/c1-4-19(3)25(29(39)40)32-23(34)18-33-17-11-15-22(28(33)38)31-27(37)21(14-9-10-16-24(35)41-5-2)30-26(36)20-12-7-6-8-13-20/h6-8,10-13,15-17,19,21,25H,4-5,9,14,18H2,1-3H3,(H,30,36)(H,31,37)(H,32,34)(H,39,40)/b16-10+/t19-,21+,25-/m1/s1. The zero-order valence-electron chi connectivity index (χ0n) is 23.3. The van der Waals surface area contributed by atoms with Gasteiger partial charge in [-0.25, -0.2) is 9.59 Å². The molecule has 0 saturated carbocycles. The van der Waals surface area contributed by atoms with Gasteiger partial charge < -0.3 is 30.4 Å². The van der Waals surface area contributed by atoms with Gasteiger partial charge in [-0.2, -0.15) is 0 Å². The molecule has 3 atom stereocenters. The van der Waals surface area contributed by atoms with Crippen LogP contribution < -0.4 is 21.5 Å². The minimum atomic E-state index is -1.18. The third-order valence-corrected chi connectivity index (χ3v) is 6.21. The topological polar surface area (TPSA) is 173 Å². The summed E-state index contributed by atoms with van der Waals surface area (Å²) in [5, 5.41) is 17.0. The highest BCUT2D eigenvalue weighted by Gasteiger charge is 2.26. The van der Waals surface area contributed by atoms with Crippen molar-refractivity contribution in [2.45, 2.75) is 58.7 Å². The first-order chi connectivity index (χ1) is 19.6. The zero-order valence-corrected chi connectivity index (χ0v) is 23.3. The van der Waals surface area contributed by atoms with Gasteiger partial charge in [0.05, 0.1) is 6.61 Å². The van der Waals surface area contributed by atoms with Crippen LogP contribution in [-0.4, -0.2) is 58.0 Å². The van der Waals surface area contributed by atoms with Gasteiger partial charge in [-0.05, 0) is 49.9 Å². The molecule has 1 aromatic heterocycles. The van der Waals surface area contributed by atoms with E-state index in [9.17, 15) is 33.9 Å². The molecular formula is C29H36N4O8. The van der Waals surface area contributed by atoms with E-state index in [0.717, 1.165) is 4.57 Å². The molecule has 0 aliphatic rings. The molecule has 2 rings (SSSR count). The number of carboxylic acids is 1. The number of carboxylic acid groups (broad SMARTS) is 1. The molecule has 1 heterocycles. The summed E-state index contributed by atoms with van der Waals surface area (Å²) in [4.78, 5) is 74.6. The van der Waals surface area contributed by atoms with Crippen LogP contribution in [0, 0.1) is 5.92 Å². The monoisotopic (exact) mass is 568 g/mol. The summed E-state index contributed by atoms with van der Waals surface area (Å²) >= 11 is 0. The zero-order chi connectivity index (χ0) is 30.4. The van der Waals surface area contributed by atoms with E-state index in [4.69, 9.17) is 4.74 Å². The number of hydrogen-bond acceptors (Lipinski definition) is 7. The number of hydrogen-bond donors (Lipinski definition) is 4. The highest BCUT2D eigenvalue weighted by molar-refractivity contribution is 6.01. The van der Waals surface area contributed by atoms with E-state index in [1.165, 1.54) is 30.5 Å². The van der Waals surface area contributed by atoms with E-state index in [1.807, 2.05) is 0 Å². The van der Waals surface area contributed by atoms with Crippen molar-refractivity contribution < 1.29 is 33.8 Å². The molecule has 0 aliphatic carbocycles. The molecule has 220 valence electrons. The largest absolute Gasteiger partial charge is 0.480 e. The molecule has 0 spiro atoms. The van der Waals surface area contributed by atoms with Crippen molar-refractivity contribution in [1.82, 2.24) is 15.2 Å². The van der Waals surface area contributed by atoms with Gasteiger partial charge in [0.2, 0.25) is 11.8 Å². The molecule has 0 saturated heterocycles. The predicted octanol–water partition coefficient (Wildman–Crippen LogP) is 2.10. The van der Waals surface area contributed by atoms with Crippen LogP contribution in [0.2, 0.25) is 0 Å². The minimum Gasteiger partial charge on any atom is -0.480 e. The van der Waals surface area contributed by atoms with Crippen molar-refractivity contribution in [2.24, 2.45) is 5.92 Å². The van der Waals surface area contributed by atoms with Gasteiger partial charge in [-0.15, -0.1) is 0 Å². The second kappa shape index (κ2) is 16.4. The van der Waals surface area contributed by atoms with Crippen LogP contribution in [-0.2, 0) is 30.5 Å². The number of aromatic nitrogens is 1. The molecule has 0 unspecified atom stereocenters. The molecule has 1 aromatic carbocycles. The summed E-state index contributed by atoms with van der Waals surface area (Å²) in [6.45, 7) is 4.93. The van der Waals surface area contributed by atoms with Crippen LogP contribution >= 0.6 is 0 Å². The van der Waals surface area contributed by atoms with Crippen molar-refractivity contribution in [3.05, 3.63) is 76.7 Å². The summed E-state index contributed by atoms with van der Waals surface area (Å²) in [5.41, 5.74) is -0.498. The summed E-state index contributed by atoms with van der Waals surface area (Å²) in [6.07, 6.45) is 4.96. The van der Waals surface area contributed by atoms with Gasteiger partial charge >= 0.3 is 11.9 Å². The average molecular weight is 569 g/mol. The maximum Gasteiger partial charge on any atom is 0.330 e. The molecule has 4 N–H and O–H groups in total. The Morgan fingerprint density at radius 2 is 1.73 bits per heavy atom. The van der Waals surface area contributed by atoms with Crippen LogP contribution in [0.5, 0.6) is 0 Å². The van der Waals surface area contributed by atoms with Crippen molar-refractivity contribution in [3.8, 4) is 0 Å². The Labute approximate surface area is 237 Å². The number of nitrogens with zero attached hydrogens (tertiary/aromatic N) is 1. The first-order valence-electron chi connectivity index (χ1n) is 13.3. The maximum absolute atomic E-state index is 13.2. The lowest BCUT2D eigenvalue weighted by molar-refractivity contribution is -0.143. The lowest BCUT2D eigenvalue weighted by Gasteiger charge is -2.20. The number of carbonyl (C=O) groups excluding carboxylic acids is 4. The smallest absolute Gasteiger partial charge is 0.330 e.